The van der Waals surface area contributed by atoms with E-state index in [9.17, 15) is 0 Å². The molecule has 2 rings (SSSR count). The second-order valence-corrected chi connectivity index (χ2v) is 3.19. The van der Waals surface area contributed by atoms with Gasteiger partial charge in [-0.2, -0.15) is 5.10 Å². The van der Waals surface area contributed by atoms with E-state index in [1.807, 2.05) is 13.1 Å². The third kappa shape index (κ3) is 2.43. The molecule has 2 aromatic heterocycles. The fourth-order valence-corrected chi connectivity index (χ4v) is 1.20. The first kappa shape index (κ1) is 9.45. The van der Waals surface area contributed by atoms with Gasteiger partial charge in [-0.3, -0.25) is 9.67 Å². The van der Waals surface area contributed by atoms with Gasteiger partial charge in [-0.05, 0) is 6.07 Å². The number of nitrogens with zero attached hydrogens (tertiary/aromatic N) is 4. The molecule has 2 aromatic rings. The molecule has 0 aliphatic rings. The number of aromatic nitrogens is 4. The number of anilines is 2. The quantitative estimate of drug-likeness (QED) is 0.756. The minimum atomic E-state index is 0.561. The molecule has 0 spiro atoms. The molecule has 15 heavy (non-hydrogen) atoms. The van der Waals surface area contributed by atoms with Gasteiger partial charge in [-0.15, -0.1) is 0 Å². The summed E-state index contributed by atoms with van der Waals surface area (Å²) in [6.45, 7) is 0.561. The van der Waals surface area contributed by atoms with Crippen LogP contribution in [-0.2, 0) is 13.6 Å². The van der Waals surface area contributed by atoms with E-state index in [-0.39, 0.29) is 0 Å². The van der Waals surface area contributed by atoms with Crippen molar-refractivity contribution in [1.82, 2.24) is 19.7 Å². The molecule has 2 heterocycles. The van der Waals surface area contributed by atoms with Crippen LogP contribution < -0.4 is 11.1 Å². The Bertz CT molecular complexity index is 449. The van der Waals surface area contributed by atoms with Gasteiger partial charge in [0.2, 0.25) is 0 Å². The molecule has 0 bridgehead atoms. The molecule has 0 fully saturated rings. The number of aryl methyl sites for hydroxylation is 1. The number of nitrogens with two attached hydrogens (primary N) is 1. The van der Waals surface area contributed by atoms with Crippen LogP contribution >= 0.6 is 0 Å². The first-order valence-electron chi connectivity index (χ1n) is 4.53. The monoisotopic (exact) mass is 204 g/mol. The second kappa shape index (κ2) is 3.95. The maximum absolute atomic E-state index is 5.59. The van der Waals surface area contributed by atoms with Gasteiger partial charge in [0.1, 0.15) is 6.33 Å². The maximum atomic E-state index is 5.59. The highest BCUT2D eigenvalue weighted by atomic mass is 15.3. The van der Waals surface area contributed by atoms with Crippen LogP contribution in [-0.4, -0.2) is 19.7 Å². The van der Waals surface area contributed by atoms with Crippen LogP contribution in [0.15, 0.2) is 24.8 Å². The highest BCUT2D eigenvalue weighted by Gasteiger charge is 1.98. The van der Waals surface area contributed by atoms with Gasteiger partial charge in [-0.25, -0.2) is 4.98 Å². The third-order valence-corrected chi connectivity index (χ3v) is 1.86. The van der Waals surface area contributed by atoms with Gasteiger partial charge in [0.25, 0.3) is 0 Å². The smallest absolute Gasteiger partial charge is 0.169 e. The summed E-state index contributed by atoms with van der Waals surface area (Å²) in [5, 5.41) is 7.27. The fraction of sp³-hybridized carbons (Fsp3) is 0.222. The van der Waals surface area contributed by atoms with Crippen LogP contribution in [0.25, 0.3) is 0 Å². The summed E-state index contributed by atoms with van der Waals surface area (Å²) in [5.41, 5.74) is 7.09. The van der Waals surface area contributed by atoms with Gasteiger partial charge in [0, 0.05) is 13.2 Å². The zero-order valence-electron chi connectivity index (χ0n) is 8.38. The molecule has 0 aliphatic heterocycles. The van der Waals surface area contributed by atoms with Crippen molar-refractivity contribution in [2.45, 2.75) is 6.54 Å². The minimum absolute atomic E-state index is 0.561. The normalized spacial score (nSPS) is 10.2. The molecule has 6 nitrogen and oxygen atoms in total. The summed E-state index contributed by atoms with van der Waals surface area (Å²) in [4.78, 5) is 8.06. The van der Waals surface area contributed by atoms with Crippen LogP contribution in [0.3, 0.4) is 0 Å². The van der Waals surface area contributed by atoms with Crippen molar-refractivity contribution in [3.8, 4) is 0 Å². The van der Waals surface area contributed by atoms with E-state index >= 15 is 0 Å². The Morgan fingerprint density at radius 1 is 1.47 bits per heavy atom. The third-order valence-electron chi connectivity index (χ3n) is 1.86. The highest BCUT2D eigenvalue weighted by Crippen LogP contribution is 2.09. The number of nitrogen functional groups attached to an aromatic ring is 1. The summed E-state index contributed by atoms with van der Waals surface area (Å²) >= 11 is 0. The number of pyridine rings is 1. The predicted molar refractivity (Wildman–Crippen MR) is 57.0 cm³/mol. The highest BCUT2D eigenvalue weighted by molar-refractivity contribution is 5.51. The van der Waals surface area contributed by atoms with E-state index in [4.69, 9.17) is 5.73 Å². The Morgan fingerprint density at radius 3 is 3.00 bits per heavy atom. The van der Waals surface area contributed by atoms with Crippen LogP contribution in [0.1, 0.15) is 5.82 Å². The number of rotatable bonds is 3. The predicted octanol–water partition coefficient (Wildman–Crippen LogP) is 0.404. The van der Waals surface area contributed by atoms with Crippen molar-refractivity contribution < 1.29 is 0 Å². The van der Waals surface area contributed by atoms with E-state index in [0.717, 1.165) is 11.5 Å². The van der Waals surface area contributed by atoms with E-state index in [0.29, 0.717) is 12.2 Å². The molecule has 0 aromatic carbocycles. The van der Waals surface area contributed by atoms with E-state index in [2.05, 4.69) is 20.4 Å². The molecule has 0 saturated heterocycles. The van der Waals surface area contributed by atoms with Crippen LogP contribution in [0.2, 0.25) is 0 Å². The average molecular weight is 204 g/mol. The molecule has 78 valence electrons. The van der Waals surface area contributed by atoms with E-state index < -0.39 is 0 Å². The standard InChI is InChI=1S/C9H12N6/c1-15-6-13-9(14-15)5-12-8-2-7(10)3-11-4-8/h2-4,6,12H,5,10H2,1H3. The van der Waals surface area contributed by atoms with Crippen molar-refractivity contribution in [1.29, 1.82) is 0 Å². The Balaban J connectivity index is 1.99. The molecule has 0 radical (unpaired) electrons. The molecule has 3 N–H and O–H groups in total. The summed E-state index contributed by atoms with van der Waals surface area (Å²) < 4.78 is 1.66. The van der Waals surface area contributed by atoms with Gasteiger partial charge in [0.15, 0.2) is 5.82 Å². The Morgan fingerprint density at radius 2 is 2.33 bits per heavy atom. The van der Waals surface area contributed by atoms with E-state index in [1.165, 1.54) is 0 Å². The SMILES string of the molecule is Cn1cnc(CNc2cncc(N)c2)n1. The molecule has 6 heteroatoms. The zero-order chi connectivity index (χ0) is 10.7. The lowest BCUT2D eigenvalue weighted by atomic mass is 10.4. The molecule has 0 atom stereocenters. The Hall–Kier alpha value is -2.11. The van der Waals surface area contributed by atoms with Crippen molar-refractivity contribution in [2.24, 2.45) is 7.05 Å². The van der Waals surface area contributed by atoms with E-state index in [1.54, 1.807) is 23.4 Å². The van der Waals surface area contributed by atoms with Crippen molar-refractivity contribution in [3.63, 3.8) is 0 Å². The van der Waals surface area contributed by atoms with Crippen molar-refractivity contribution in [3.05, 3.63) is 30.6 Å². The van der Waals surface area contributed by atoms with Gasteiger partial charge in [0.05, 0.1) is 24.1 Å². The zero-order valence-corrected chi connectivity index (χ0v) is 8.38. The first-order valence-corrected chi connectivity index (χ1v) is 4.53. The second-order valence-electron chi connectivity index (χ2n) is 3.19. The number of hydrogen-bond acceptors (Lipinski definition) is 5. The molecule has 0 aliphatic carbocycles. The average Bonchev–Trinajstić information content (AvgIpc) is 2.62. The molecular weight excluding hydrogens is 192 g/mol. The lowest BCUT2D eigenvalue weighted by Crippen LogP contribution is -2.03. The van der Waals surface area contributed by atoms with Crippen LogP contribution in [0.4, 0.5) is 11.4 Å². The Labute approximate surface area is 87.2 Å². The van der Waals surface area contributed by atoms with Gasteiger partial charge < -0.3 is 11.1 Å². The van der Waals surface area contributed by atoms with Crippen molar-refractivity contribution >= 4 is 11.4 Å². The van der Waals surface area contributed by atoms with Crippen LogP contribution in [0, 0.1) is 0 Å². The minimum Gasteiger partial charge on any atom is -0.397 e. The molecule has 0 amide bonds. The largest absolute Gasteiger partial charge is 0.397 e. The maximum Gasteiger partial charge on any atom is 0.169 e. The summed E-state index contributed by atoms with van der Waals surface area (Å²) in [7, 11) is 1.83. The summed E-state index contributed by atoms with van der Waals surface area (Å²) in [6, 6.07) is 1.82. The van der Waals surface area contributed by atoms with Gasteiger partial charge in [-0.1, -0.05) is 0 Å². The van der Waals surface area contributed by atoms with Crippen molar-refractivity contribution in [2.75, 3.05) is 11.1 Å². The van der Waals surface area contributed by atoms with Crippen LogP contribution in [0.5, 0.6) is 0 Å². The molecular formula is C9H12N6. The fourth-order valence-electron chi connectivity index (χ4n) is 1.20. The lowest BCUT2D eigenvalue weighted by Gasteiger charge is -2.03. The topological polar surface area (TPSA) is 81.7 Å². The lowest BCUT2D eigenvalue weighted by molar-refractivity contribution is 0.747. The Kier molecular flexibility index (Phi) is 2.49. The van der Waals surface area contributed by atoms with Gasteiger partial charge >= 0.3 is 0 Å². The number of nitrogens with one attached hydrogen (secondary N) is 1. The summed E-state index contributed by atoms with van der Waals surface area (Å²) in [6.07, 6.45) is 4.97. The summed E-state index contributed by atoms with van der Waals surface area (Å²) in [5.74, 6) is 0.736. The first-order chi connectivity index (χ1) is 7.24. The molecule has 0 saturated carbocycles. The molecule has 0 unspecified atom stereocenters. The number of hydrogen-bond donors (Lipinski definition) is 2.